The van der Waals surface area contributed by atoms with Crippen molar-refractivity contribution in [3.05, 3.63) is 46.5 Å². The lowest BCUT2D eigenvalue weighted by Crippen LogP contribution is -2.24. The number of rotatable bonds is 4. The van der Waals surface area contributed by atoms with Gasteiger partial charge in [0.2, 0.25) is 0 Å². The Morgan fingerprint density at radius 1 is 1.61 bits per heavy atom. The van der Waals surface area contributed by atoms with Crippen LogP contribution in [0.15, 0.2) is 40.9 Å². The van der Waals surface area contributed by atoms with Crippen molar-refractivity contribution in [1.82, 2.24) is 5.32 Å². The molecule has 0 aliphatic heterocycles. The van der Waals surface area contributed by atoms with Crippen LogP contribution in [-0.2, 0) is 4.79 Å². The Kier molecular flexibility index (Phi) is 5.15. The van der Waals surface area contributed by atoms with Crippen LogP contribution in [0.1, 0.15) is 5.56 Å². The number of phenolic OH excluding ortho intramolecular Hbond substituents is 1. The highest BCUT2D eigenvalue weighted by atomic mass is 79.9. The van der Waals surface area contributed by atoms with Gasteiger partial charge in [-0.1, -0.05) is 12.1 Å². The summed E-state index contributed by atoms with van der Waals surface area (Å²) in [6.45, 7) is 3.77. The lowest BCUT2D eigenvalue weighted by atomic mass is 10.1. The van der Waals surface area contributed by atoms with Crippen molar-refractivity contribution >= 4 is 27.9 Å². The second-order valence-electron chi connectivity index (χ2n) is 3.38. The number of nitriles is 1. The zero-order valence-corrected chi connectivity index (χ0v) is 11.1. The molecule has 18 heavy (non-hydrogen) atoms. The Bertz CT molecular complexity index is 544. The van der Waals surface area contributed by atoms with E-state index in [4.69, 9.17) is 5.26 Å². The number of carbonyl (C=O) groups is 1. The number of nitrogens with zero attached hydrogens (tertiary/aromatic N) is 1. The first-order valence-electron chi connectivity index (χ1n) is 5.08. The summed E-state index contributed by atoms with van der Waals surface area (Å²) in [5, 5.41) is 20.8. The number of aromatic hydroxyl groups is 1. The summed E-state index contributed by atoms with van der Waals surface area (Å²) in [5.74, 6) is -0.358. The lowest BCUT2D eigenvalue weighted by molar-refractivity contribution is -0.116. The van der Waals surface area contributed by atoms with Gasteiger partial charge in [0, 0.05) is 6.54 Å². The van der Waals surface area contributed by atoms with E-state index in [0.717, 1.165) is 0 Å². The van der Waals surface area contributed by atoms with E-state index in [1.54, 1.807) is 12.1 Å². The highest BCUT2D eigenvalue weighted by molar-refractivity contribution is 9.10. The Balaban J connectivity index is 2.97. The Labute approximate surface area is 113 Å². The van der Waals surface area contributed by atoms with Crippen molar-refractivity contribution in [3.8, 4) is 11.8 Å². The highest BCUT2D eigenvalue weighted by Gasteiger charge is 2.08. The maximum Gasteiger partial charge on any atom is 0.262 e. The molecule has 0 spiro atoms. The quantitative estimate of drug-likeness (QED) is 0.509. The van der Waals surface area contributed by atoms with Crippen LogP contribution in [0.3, 0.4) is 0 Å². The molecular weight excluding hydrogens is 296 g/mol. The van der Waals surface area contributed by atoms with Crippen LogP contribution >= 0.6 is 15.9 Å². The number of halogens is 1. The van der Waals surface area contributed by atoms with E-state index < -0.39 is 5.91 Å². The number of nitrogens with one attached hydrogen (secondary N) is 1. The van der Waals surface area contributed by atoms with Crippen LogP contribution in [0.2, 0.25) is 0 Å². The van der Waals surface area contributed by atoms with Gasteiger partial charge in [-0.3, -0.25) is 4.79 Å². The molecule has 0 radical (unpaired) electrons. The number of benzene rings is 1. The zero-order chi connectivity index (χ0) is 13.5. The van der Waals surface area contributed by atoms with Gasteiger partial charge in [0.05, 0.1) is 4.47 Å². The first-order valence-corrected chi connectivity index (χ1v) is 5.87. The predicted octanol–water partition coefficient (Wildman–Crippen LogP) is 2.36. The van der Waals surface area contributed by atoms with Crippen molar-refractivity contribution in [3.63, 3.8) is 0 Å². The largest absolute Gasteiger partial charge is 0.507 e. The van der Waals surface area contributed by atoms with Crippen molar-refractivity contribution in [2.75, 3.05) is 6.54 Å². The van der Waals surface area contributed by atoms with Crippen molar-refractivity contribution < 1.29 is 9.90 Å². The van der Waals surface area contributed by atoms with Crippen LogP contribution in [0, 0.1) is 11.3 Å². The average Bonchev–Trinajstić information content (AvgIpc) is 2.37. The lowest BCUT2D eigenvalue weighted by Gasteiger charge is -2.02. The van der Waals surface area contributed by atoms with Crippen molar-refractivity contribution in [1.29, 1.82) is 5.26 Å². The molecule has 1 rings (SSSR count). The molecular formula is C13H11BrN2O2. The molecule has 0 saturated carbocycles. The van der Waals surface area contributed by atoms with Crippen LogP contribution in [0.25, 0.3) is 6.08 Å². The topological polar surface area (TPSA) is 73.1 Å². The molecule has 0 aliphatic carbocycles. The molecule has 0 bridgehead atoms. The van der Waals surface area contributed by atoms with E-state index in [1.807, 2.05) is 6.07 Å². The molecule has 1 aromatic rings. The molecule has 1 amide bonds. The molecule has 4 nitrogen and oxygen atoms in total. The van der Waals surface area contributed by atoms with Gasteiger partial charge < -0.3 is 10.4 Å². The van der Waals surface area contributed by atoms with E-state index in [0.29, 0.717) is 16.6 Å². The van der Waals surface area contributed by atoms with Crippen LogP contribution in [0.4, 0.5) is 0 Å². The Hall–Kier alpha value is -2.06. The van der Waals surface area contributed by atoms with Gasteiger partial charge in [0.15, 0.2) is 0 Å². The first kappa shape index (κ1) is 14.0. The van der Waals surface area contributed by atoms with E-state index in [1.165, 1.54) is 18.2 Å². The molecule has 0 aliphatic rings. The summed E-state index contributed by atoms with van der Waals surface area (Å²) in [6.07, 6.45) is 2.98. The number of carbonyl (C=O) groups excluding carboxylic acids is 1. The third-order valence-electron chi connectivity index (χ3n) is 2.05. The van der Waals surface area contributed by atoms with E-state index in [-0.39, 0.29) is 11.3 Å². The second kappa shape index (κ2) is 6.62. The van der Waals surface area contributed by atoms with Crippen LogP contribution in [0.5, 0.6) is 5.75 Å². The summed E-state index contributed by atoms with van der Waals surface area (Å²) in [4.78, 5) is 11.6. The fourth-order valence-corrected chi connectivity index (χ4v) is 1.58. The third-order valence-corrected chi connectivity index (χ3v) is 2.69. The molecule has 0 heterocycles. The predicted molar refractivity (Wildman–Crippen MR) is 72.6 cm³/mol. The number of phenols is 1. The first-order chi connectivity index (χ1) is 8.58. The van der Waals surface area contributed by atoms with Gasteiger partial charge >= 0.3 is 0 Å². The number of hydrogen-bond acceptors (Lipinski definition) is 3. The van der Waals surface area contributed by atoms with E-state index in [2.05, 4.69) is 27.8 Å². The minimum absolute atomic E-state index is 0.00515. The van der Waals surface area contributed by atoms with Gasteiger partial charge in [-0.05, 0) is 39.7 Å². The molecule has 1 aromatic carbocycles. The number of hydrogen-bond donors (Lipinski definition) is 2. The highest BCUT2D eigenvalue weighted by Crippen LogP contribution is 2.25. The normalized spacial score (nSPS) is 10.6. The SMILES string of the molecule is C=CCNC(=O)/C(C#N)=C/c1ccc(O)c(Br)c1. The minimum atomic E-state index is -0.457. The molecule has 0 aromatic heterocycles. The van der Waals surface area contributed by atoms with Gasteiger partial charge in [0.1, 0.15) is 17.4 Å². The van der Waals surface area contributed by atoms with Crippen LogP contribution in [-0.4, -0.2) is 17.6 Å². The monoisotopic (exact) mass is 306 g/mol. The molecule has 0 fully saturated rings. The van der Waals surface area contributed by atoms with Gasteiger partial charge in [-0.25, -0.2) is 0 Å². The molecule has 0 unspecified atom stereocenters. The second-order valence-corrected chi connectivity index (χ2v) is 4.23. The van der Waals surface area contributed by atoms with Crippen molar-refractivity contribution in [2.45, 2.75) is 0 Å². The fourth-order valence-electron chi connectivity index (χ4n) is 1.19. The number of amides is 1. The molecule has 92 valence electrons. The molecule has 2 N–H and O–H groups in total. The zero-order valence-electron chi connectivity index (χ0n) is 9.48. The van der Waals surface area contributed by atoms with E-state index >= 15 is 0 Å². The Morgan fingerprint density at radius 2 is 2.33 bits per heavy atom. The van der Waals surface area contributed by atoms with E-state index in [9.17, 15) is 9.90 Å². The van der Waals surface area contributed by atoms with Crippen molar-refractivity contribution in [2.24, 2.45) is 0 Å². The third kappa shape index (κ3) is 3.75. The summed E-state index contributed by atoms with van der Waals surface area (Å²) >= 11 is 3.16. The van der Waals surface area contributed by atoms with Crippen LogP contribution < -0.4 is 5.32 Å². The Morgan fingerprint density at radius 3 is 2.89 bits per heavy atom. The maximum absolute atomic E-state index is 11.6. The maximum atomic E-state index is 11.6. The summed E-state index contributed by atoms with van der Waals surface area (Å²) in [5.41, 5.74) is 0.638. The smallest absolute Gasteiger partial charge is 0.262 e. The summed E-state index contributed by atoms with van der Waals surface area (Å²) in [7, 11) is 0. The molecule has 5 heteroatoms. The summed E-state index contributed by atoms with van der Waals surface area (Å²) < 4.78 is 0.500. The fraction of sp³-hybridized carbons (Fsp3) is 0.0769. The minimum Gasteiger partial charge on any atom is -0.507 e. The van der Waals surface area contributed by atoms with Gasteiger partial charge in [0.25, 0.3) is 5.91 Å². The van der Waals surface area contributed by atoms with Gasteiger partial charge in [-0.2, -0.15) is 5.26 Å². The molecule has 0 saturated heterocycles. The van der Waals surface area contributed by atoms with Gasteiger partial charge in [-0.15, -0.1) is 6.58 Å². The summed E-state index contributed by atoms with van der Waals surface area (Å²) in [6, 6.07) is 6.54. The molecule has 0 atom stereocenters. The average molecular weight is 307 g/mol. The standard InChI is InChI=1S/C13H11BrN2O2/c1-2-5-16-13(18)10(8-15)6-9-3-4-12(17)11(14)7-9/h2-4,6-7,17H,1,5H2,(H,16,18)/b10-6+.